The number of hydrogen-bond acceptors (Lipinski definition) is 5. The van der Waals surface area contributed by atoms with Crippen molar-refractivity contribution in [2.75, 3.05) is 0 Å². The average molecular weight is 398 g/mol. The van der Waals surface area contributed by atoms with Crippen molar-refractivity contribution in [1.82, 2.24) is 4.98 Å². The third-order valence-electron chi connectivity index (χ3n) is 3.95. The molecule has 2 aromatic rings. The summed E-state index contributed by atoms with van der Waals surface area (Å²) in [6, 6.07) is 6.09. The van der Waals surface area contributed by atoms with Crippen molar-refractivity contribution in [2.24, 2.45) is 9.98 Å². The Bertz CT molecular complexity index is 854. The molecule has 0 saturated heterocycles. The van der Waals surface area contributed by atoms with Gasteiger partial charge in [0.2, 0.25) is 0 Å². The second kappa shape index (κ2) is 8.06. The van der Waals surface area contributed by atoms with Crippen LogP contribution in [0.15, 0.2) is 46.5 Å². The van der Waals surface area contributed by atoms with Gasteiger partial charge in [0.1, 0.15) is 23.0 Å². The molecular weight excluding hydrogens is 383 g/mol. The Morgan fingerprint density at radius 1 is 1.22 bits per heavy atom. The second-order valence-electron chi connectivity index (χ2n) is 5.90. The second-order valence-corrected chi connectivity index (χ2v) is 6.29. The molecule has 5 nitrogen and oxygen atoms in total. The Labute approximate surface area is 158 Å². The predicted octanol–water partition coefficient (Wildman–Crippen LogP) is 4.84. The number of pyridine rings is 1. The number of rotatable bonds is 5. The highest BCUT2D eigenvalue weighted by Gasteiger charge is 2.36. The van der Waals surface area contributed by atoms with E-state index < -0.39 is 17.8 Å². The summed E-state index contributed by atoms with van der Waals surface area (Å²) < 4.78 is 45.9. The van der Waals surface area contributed by atoms with Gasteiger partial charge in [0, 0.05) is 19.1 Å². The van der Waals surface area contributed by atoms with Crippen LogP contribution in [-0.2, 0) is 6.18 Å². The highest BCUT2D eigenvalue weighted by Crippen LogP contribution is 2.39. The number of alkyl halides is 3. The lowest BCUT2D eigenvalue weighted by molar-refractivity contribution is -0.139. The molecule has 1 aromatic heterocycles. The molecule has 0 spiro atoms. The van der Waals surface area contributed by atoms with Gasteiger partial charge in [0.25, 0.3) is 0 Å². The van der Waals surface area contributed by atoms with Crippen molar-refractivity contribution in [3.05, 3.63) is 52.8 Å². The zero-order valence-corrected chi connectivity index (χ0v) is 14.7. The minimum atomic E-state index is -4.65. The van der Waals surface area contributed by atoms with Crippen molar-refractivity contribution in [3.63, 3.8) is 0 Å². The summed E-state index contributed by atoms with van der Waals surface area (Å²) in [4.78, 5) is 11.7. The van der Waals surface area contributed by atoms with Crippen molar-refractivity contribution in [1.29, 1.82) is 0 Å². The van der Waals surface area contributed by atoms with Crippen molar-refractivity contribution >= 4 is 24.2 Å². The van der Waals surface area contributed by atoms with E-state index in [0.29, 0.717) is 6.42 Å². The molecule has 3 rings (SSSR count). The highest BCUT2D eigenvalue weighted by atomic mass is 35.5. The molecular formula is C18H15ClF3N3O2. The molecule has 1 aromatic carbocycles. The summed E-state index contributed by atoms with van der Waals surface area (Å²) >= 11 is 5.67. The van der Waals surface area contributed by atoms with Crippen molar-refractivity contribution < 1.29 is 23.0 Å². The first-order chi connectivity index (χ1) is 12.8. The fourth-order valence-electron chi connectivity index (χ4n) is 2.66. The SMILES string of the molecule is OC(CC1CC=NC=N1)c1ccc(Oc2ccc(Cl)nc2)cc1C(F)(F)F. The van der Waals surface area contributed by atoms with Crippen LogP contribution in [0.5, 0.6) is 11.5 Å². The molecule has 2 unspecified atom stereocenters. The Morgan fingerprint density at radius 3 is 2.63 bits per heavy atom. The lowest BCUT2D eigenvalue weighted by Crippen LogP contribution is -2.17. The Kier molecular flexibility index (Phi) is 5.76. The zero-order chi connectivity index (χ0) is 19.4. The van der Waals surface area contributed by atoms with Gasteiger partial charge >= 0.3 is 6.18 Å². The molecule has 1 aliphatic heterocycles. The number of aromatic nitrogens is 1. The van der Waals surface area contributed by atoms with Crippen molar-refractivity contribution in [3.8, 4) is 11.5 Å². The van der Waals surface area contributed by atoms with E-state index in [2.05, 4.69) is 15.0 Å². The van der Waals surface area contributed by atoms with Gasteiger partial charge in [0.05, 0.1) is 23.9 Å². The van der Waals surface area contributed by atoms with E-state index in [1.807, 2.05) is 0 Å². The molecule has 0 amide bonds. The number of benzene rings is 1. The van der Waals surface area contributed by atoms with E-state index >= 15 is 0 Å². The van der Waals surface area contributed by atoms with Crippen LogP contribution in [0.1, 0.15) is 30.1 Å². The summed E-state index contributed by atoms with van der Waals surface area (Å²) in [5.41, 5.74) is -1.18. The predicted molar refractivity (Wildman–Crippen MR) is 95.7 cm³/mol. The number of ether oxygens (including phenoxy) is 1. The number of aliphatic hydroxyl groups is 1. The molecule has 0 aliphatic carbocycles. The van der Waals surface area contributed by atoms with Crippen LogP contribution in [0, 0.1) is 0 Å². The Balaban J connectivity index is 1.84. The lowest BCUT2D eigenvalue weighted by atomic mass is 9.95. The molecule has 142 valence electrons. The first-order valence-electron chi connectivity index (χ1n) is 8.05. The van der Waals surface area contributed by atoms with E-state index in [9.17, 15) is 18.3 Å². The minimum Gasteiger partial charge on any atom is -0.456 e. The highest BCUT2D eigenvalue weighted by molar-refractivity contribution is 6.29. The number of aliphatic imine (C=N–C) groups is 2. The van der Waals surface area contributed by atoms with Gasteiger partial charge in [-0.3, -0.25) is 4.99 Å². The summed E-state index contributed by atoms with van der Waals surface area (Å²) in [6.07, 6.45) is -1.17. The molecule has 0 saturated carbocycles. The molecule has 1 aliphatic rings. The number of hydrogen-bond donors (Lipinski definition) is 1. The Hall–Kier alpha value is -2.45. The van der Waals surface area contributed by atoms with Crippen molar-refractivity contribution in [2.45, 2.75) is 31.2 Å². The van der Waals surface area contributed by atoms with Crippen LogP contribution < -0.4 is 4.74 Å². The summed E-state index contributed by atoms with van der Waals surface area (Å²) in [5, 5.41) is 10.6. The first kappa shape index (κ1) is 19.3. The van der Waals surface area contributed by atoms with E-state index in [-0.39, 0.29) is 34.7 Å². The molecule has 2 heterocycles. The van der Waals surface area contributed by atoms with Crippen LogP contribution in [0.4, 0.5) is 13.2 Å². The summed E-state index contributed by atoms with van der Waals surface area (Å²) in [5.74, 6) is 0.224. The first-order valence-corrected chi connectivity index (χ1v) is 8.42. The quantitative estimate of drug-likeness (QED) is 0.734. The van der Waals surface area contributed by atoms with Gasteiger partial charge in [-0.1, -0.05) is 17.7 Å². The third-order valence-corrected chi connectivity index (χ3v) is 4.17. The fourth-order valence-corrected chi connectivity index (χ4v) is 2.77. The van der Waals surface area contributed by atoms with E-state index in [4.69, 9.17) is 16.3 Å². The number of halogens is 4. The smallest absolute Gasteiger partial charge is 0.416 e. The maximum absolute atomic E-state index is 13.5. The number of nitrogens with zero attached hydrogens (tertiary/aromatic N) is 3. The number of aliphatic hydroxyl groups excluding tert-OH is 1. The maximum Gasteiger partial charge on any atom is 0.416 e. The van der Waals surface area contributed by atoms with Crippen LogP contribution in [0.2, 0.25) is 5.15 Å². The van der Waals surface area contributed by atoms with Crippen LogP contribution in [0.25, 0.3) is 0 Å². The molecule has 0 radical (unpaired) electrons. The monoisotopic (exact) mass is 397 g/mol. The standard InChI is InChI=1S/C18H15ClF3N3O2/c19-17-4-2-13(9-24-17)27-12-1-3-14(15(8-12)18(20,21)22)16(26)7-11-5-6-23-10-25-11/h1-4,6,8-11,16,26H,5,7H2. The van der Waals surface area contributed by atoms with Gasteiger partial charge < -0.3 is 9.84 Å². The summed E-state index contributed by atoms with van der Waals surface area (Å²) in [7, 11) is 0. The average Bonchev–Trinajstić information content (AvgIpc) is 2.64. The molecule has 27 heavy (non-hydrogen) atoms. The molecule has 0 fully saturated rings. The van der Waals surface area contributed by atoms with Gasteiger partial charge in [-0.2, -0.15) is 13.2 Å². The molecule has 0 bridgehead atoms. The Morgan fingerprint density at radius 2 is 2.00 bits per heavy atom. The fraction of sp³-hybridized carbons (Fsp3) is 0.278. The van der Waals surface area contributed by atoms with Gasteiger partial charge in [0.15, 0.2) is 0 Å². The minimum absolute atomic E-state index is 0.0229. The largest absolute Gasteiger partial charge is 0.456 e. The van der Waals surface area contributed by atoms with Crippen LogP contribution in [-0.4, -0.2) is 28.7 Å². The topological polar surface area (TPSA) is 67.1 Å². The van der Waals surface area contributed by atoms with E-state index in [1.165, 1.54) is 36.8 Å². The maximum atomic E-state index is 13.5. The molecule has 1 N–H and O–H groups in total. The van der Waals surface area contributed by atoms with E-state index in [1.54, 1.807) is 6.21 Å². The van der Waals surface area contributed by atoms with Crippen LogP contribution in [0.3, 0.4) is 0 Å². The van der Waals surface area contributed by atoms with Gasteiger partial charge in [-0.15, -0.1) is 0 Å². The lowest BCUT2D eigenvalue weighted by Gasteiger charge is -2.21. The molecule has 9 heteroatoms. The normalized spacial score (nSPS) is 17.7. The van der Waals surface area contributed by atoms with Gasteiger partial charge in [-0.05, 0) is 29.8 Å². The van der Waals surface area contributed by atoms with Crippen LogP contribution >= 0.6 is 11.6 Å². The van der Waals surface area contributed by atoms with Gasteiger partial charge in [-0.25, -0.2) is 9.98 Å². The van der Waals surface area contributed by atoms with E-state index in [0.717, 1.165) is 6.07 Å². The third kappa shape index (κ3) is 5.05. The zero-order valence-electron chi connectivity index (χ0n) is 13.9. The summed E-state index contributed by atoms with van der Waals surface area (Å²) in [6.45, 7) is 0. The molecule has 2 atom stereocenters.